The van der Waals surface area contributed by atoms with E-state index >= 15 is 0 Å². The van der Waals surface area contributed by atoms with Gasteiger partial charge < -0.3 is 10.6 Å². The zero-order chi connectivity index (χ0) is 16.6. The fourth-order valence-electron chi connectivity index (χ4n) is 1.73. The van der Waals surface area contributed by atoms with E-state index in [4.69, 9.17) is 0 Å². The predicted molar refractivity (Wildman–Crippen MR) is 107 cm³/mol. The lowest BCUT2D eigenvalue weighted by atomic mass is 10.1. The lowest BCUT2D eigenvalue weighted by Crippen LogP contribution is -2.44. The summed E-state index contributed by atoms with van der Waals surface area (Å²) >= 11 is 0. The summed E-state index contributed by atoms with van der Waals surface area (Å²) in [5.41, 5.74) is 0. The molecule has 0 bridgehead atoms. The van der Waals surface area contributed by atoms with Crippen LogP contribution in [0.25, 0.3) is 0 Å². The number of nitrogens with one attached hydrogen (secondary N) is 2. The molecule has 1 rings (SSSR count). The molecule has 1 aromatic carbocycles. The number of halogens is 1. The summed E-state index contributed by atoms with van der Waals surface area (Å²) in [6.07, 6.45) is 0. The number of benzene rings is 1. The van der Waals surface area contributed by atoms with Crippen molar-refractivity contribution in [1.29, 1.82) is 0 Å². The molecule has 0 fully saturated rings. The molecule has 1 aromatic rings. The topological polar surface area (TPSA) is 70.6 Å². The third-order valence-electron chi connectivity index (χ3n) is 3.44. The van der Waals surface area contributed by atoms with Crippen molar-refractivity contribution >= 4 is 39.8 Å². The molecule has 0 aromatic heterocycles. The average molecular weight is 453 g/mol. The second-order valence-corrected chi connectivity index (χ2v) is 7.68. The van der Waals surface area contributed by atoms with Crippen molar-refractivity contribution in [3.8, 4) is 0 Å². The number of guanidine groups is 1. The molecular formula is C16H28IN3O2S. The molecule has 7 heteroatoms. The average Bonchev–Trinajstić information content (AvgIpc) is 2.48. The van der Waals surface area contributed by atoms with Crippen molar-refractivity contribution in [2.45, 2.75) is 38.6 Å². The van der Waals surface area contributed by atoms with E-state index < -0.39 is 9.84 Å². The molecule has 0 aliphatic rings. The van der Waals surface area contributed by atoms with Gasteiger partial charge in [0.1, 0.15) is 0 Å². The fraction of sp³-hybridized carbons (Fsp3) is 0.562. The first-order valence-electron chi connectivity index (χ1n) is 7.69. The van der Waals surface area contributed by atoms with Gasteiger partial charge in [-0.3, -0.25) is 4.99 Å². The first kappa shape index (κ1) is 22.2. The van der Waals surface area contributed by atoms with E-state index in [-0.39, 0.29) is 42.3 Å². The van der Waals surface area contributed by atoms with Gasteiger partial charge in [0.25, 0.3) is 0 Å². The quantitative estimate of drug-likeness (QED) is 0.379. The van der Waals surface area contributed by atoms with Gasteiger partial charge in [-0.2, -0.15) is 0 Å². The molecule has 0 aliphatic heterocycles. The Labute approximate surface area is 157 Å². The van der Waals surface area contributed by atoms with Gasteiger partial charge in [0.05, 0.1) is 17.2 Å². The number of hydrogen-bond donors (Lipinski definition) is 2. The standard InChI is InChI=1S/C16H27N3O2S.HI/c1-5-17-16(19-14(4)13(2)3)18-11-12-22(20,21)15-9-7-6-8-10-15;/h6-10,13-14H,5,11-12H2,1-4H3,(H2,17,18,19);1H. The smallest absolute Gasteiger partial charge is 0.191 e. The summed E-state index contributed by atoms with van der Waals surface area (Å²) in [5, 5.41) is 6.43. The number of rotatable bonds is 7. The summed E-state index contributed by atoms with van der Waals surface area (Å²) < 4.78 is 24.4. The zero-order valence-corrected chi connectivity index (χ0v) is 17.4. The molecule has 0 amide bonds. The van der Waals surface area contributed by atoms with Crippen LogP contribution in [0.4, 0.5) is 0 Å². The highest BCUT2D eigenvalue weighted by atomic mass is 127. The Kier molecular flexibility index (Phi) is 10.5. The lowest BCUT2D eigenvalue weighted by Gasteiger charge is -2.20. The van der Waals surface area contributed by atoms with Gasteiger partial charge in [-0.15, -0.1) is 24.0 Å². The minimum atomic E-state index is -3.28. The van der Waals surface area contributed by atoms with Gasteiger partial charge in [-0.1, -0.05) is 32.0 Å². The Balaban J connectivity index is 0.00000484. The molecule has 2 N–H and O–H groups in total. The molecule has 0 radical (unpaired) electrons. The van der Waals surface area contributed by atoms with Crippen LogP contribution >= 0.6 is 24.0 Å². The van der Waals surface area contributed by atoms with Crippen LogP contribution in [0.2, 0.25) is 0 Å². The SMILES string of the molecule is CCNC(=NCCS(=O)(=O)c1ccccc1)NC(C)C(C)C.I. The molecule has 1 atom stereocenters. The maximum absolute atomic E-state index is 12.2. The van der Waals surface area contributed by atoms with Crippen LogP contribution in [0.5, 0.6) is 0 Å². The van der Waals surface area contributed by atoms with E-state index in [1.165, 1.54) is 0 Å². The number of nitrogens with zero attached hydrogens (tertiary/aromatic N) is 1. The molecule has 23 heavy (non-hydrogen) atoms. The van der Waals surface area contributed by atoms with E-state index in [9.17, 15) is 8.42 Å². The van der Waals surface area contributed by atoms with Crippen LogP contribution in [0.15, 0.2) is 40.2 Å². The highest BCUT2D eigenvalue weighted by Crippen LogP contribution is 2.09. The molecule has 0 saturated carbocycles. The van der Waals surface area contributed by atoms with Crippen molar-refractivity contribution < 1.29 is 8.42 Å². The fourth-order valence-corrected chi connectivity index (χ4v) is 2.86. The largest absolute Gasteiger partial charge is 0.357 e. The maximum atomic E-state index is 12.2. The van der Waals surface area contributed by atoms with Crippen molar-refractivity contribution in [1.82, 2.24) is 10.6 Å². The molecule has 0 heterocycles. The first-order chi connectivity index (χ1) is 10.4. The van der Waals surface area contributed by atoms with Gasteiger partial charge in [0.2, 0.25) is 0 Å². The predicted octanol–water partition coefficient (Wildman–Crippen LogP) is 2.68. The van der Waals surface area contributed by atoms with Crippen LogP contribution in [0.1, 0.15) is 27.7 Å². The molecule has 5 nitrogen and oxygen atoms in total. The normalized spacial score (nSPS) is 13.3. The third-order valence-corrected chi connectivity index (χ3v) is 5.15. The van der Waals surface area contributed by atoms with Crippen molar-refractivity contribution in [3.63, 3.8) is 0 Å². The van der Waals surface area contributed by atoms with Crippen LogP contribution in [-0.4, -0.2) is 39.3 Å². The van der Waals surface area contributed by atoms with Gasteiger partial charge in [0, 0.05) is 12.6 Å². The maximum Gasteiger partial charge on any atom is 0.191 e. The van der Waals surface area contributed by atoms with E-state index in [1.54, 1.807) is 30.3 Å². The van der Waals surface area contributed by atoms with Gasteiger partial charge >= 0.3 is 0 Å². The van der Waals surface area contributed by atoms with Crippen LogP contribution in [-0.2, 0) is 9.84 Å². The molecule has 0 spiro atoms. The Morgan fingerprint density at radius 3 is 2.30 bits per heavy atom. The van der Waals surface area contributed by atoms with Crippen molar-refractivity contribution in [2.24, 2.45) is 10.9 Å². The highest BCUT2D eigenvalue weighted by molar-refractivity contribution is 14.0. The van der Waals surface area contributed by atoms with Crippen molar-refractivity contribution in [2.75, 3.05) is 18.8 Å². The van der Waals surface area contributed by atoms with Crippen LogP contribution in [0, 0.1) is 5.92 Å². The van der Waals surface area contributed by atoms with E-state index in [1.807, 2.05) is 6.92 Å². The monoisotopic (exact) mass is 453 g/mol. The summed E-state index contributed by atoms with van der Waals surface area (Å²) in [6.45, 7) is 9.29. The third kappa shape index (κ3) is 8.01. The minimum absolute atomic E-state index is 0. The molecule has 132 valence electrons. The Hall–Kier alpha value is -0.830. The Morgan fingerprint density at radius 2 is 1.78 bits per heavy atom. The number of aliphatic imine (C=N–C) groups is 1. The Morgan fingerprint density at radius 1 is 1.17 bits per heavy atom. The summed E-state index contributed by atoms with van der Waals surface area (Å²) in [4.78, 5) is 4.71. The molecule has 0 aliphatic carbocycles. The highest BCUT2D eigenvalue weighted by Gasteiger charge is 2.14. The summed E-state index contributed by atoms with van der Waals surface area (Å²) in [6, 6.07) is 8.76. The molecule has 1 unspecified atom stereocenters. The van der Waals surface area contributed by atoms with E-state index in [0.29, 0.717) is 16.8 Å². The van der Waals surface area contributed by atoms with Gasteiger partial charge in [-0.05, 0) is 31.9 Å². The molecule has 0 saturated heterocycles. The Bertz CT molecular complexity index is 574. The zero-order valence-electron chi connectivity index (χ0n) is 14.2. The summed E-state index contributed by atoms with van der Waals surface area (Å²) in [5.74, 6) is 1.13. The number of hydrogen-bond acceptors (Lipinski definition) is 3. The van der Waals surface area contributed by atoms with E-state index in [2.05, 4.69) is 36.4 Å². The van der Waals surface area contributed by atoms with Crippen molar-refractivity contribution in [3.05, 3.63) is 30.3 Å². The van der Waals surface area contributed by atoms with E-state index in [0.717, 1.165) is 6.54 Å². The van der Waals surface area contributed by atoms with Crippen LogP contribution in [0.3, 0.4) is 0 Å². The lowest BCUT2D eigenvalue weighted by molar-refractivity contribution is 0.481. The first-order valence-corrected chi connectivity index (χ1v) is 9.34. The second-order valence-electron chi connectivity index (χ2n) is 5.57. The van der Waals surface area contributed by atoms with Crippen LogP contribution < -0.4 is 10.6 Å². The van der Waals surface area contributed by atoms with Gasteiger partial charge in [0.15, 0.2) is 15.8 Å². The number of sulfone groups is 1. The minimum Gasteiger partial charge on any atom is -0.357 e. The summed E-state index contributed by atoms with van der Waals surface area (Å²) in [7, 11) is -3.28. The second kappa shape index (κ2) is 10.9. The van der Waals surface area contributed by atoms with Gasteiger partial charge in [-0.25, -0.2) is 8.42 Å². The molecular weight excluding hydrogens is 425 g/mol.